The number of esters is 1. The van der Waals surface area contributed by atoms with E-state index in [-0.39, 0.29) is 10.0 Å². The van der Waals surface area contributed by atoms with E-state index in [2.05, 4.69) is 15.4 Å². The van der Waals surface area contributed by atoms with Crippen LogP contribution in [0.25, 0.3) is 0 Å². The van der Waals surface area contributed by atoms with Crippen LogP contribution in [0.3, 0.4) is 0 Å². The van der Waals surface area contributed by atoms with Crippen molar-refractivity contribution in [1.29, 1.82) is 0 Å². The molecule has 2 rings (SSSR count). The summed E-state index contributed by atoms with van der Waals surface area (Å²) in [6, 6.07) is 7.99. The molecule has 0 bridgehead atoms. The summed E-state index contributed by atoms with van der Waals surface area (Å²) >= 11 is 6.72. The third-order valence-corrected chi connectivity index (χ3v) is 6.48. The molecule has 2 aromatic rings. The highest BCUT2D eigenvalue weighted by atomic mass is 32.2. The number of sulfonamides is 1. The summed E-state index contributed by atoms with van der Waals surface area (Å²) in [5.41, 5.74) is 1.05. The van der Waals surface area contributed by atoms with Crippen LogP contribution in [0.4, 0.5) is 10.7 Å². The molecule has 0 radical (unpaired) electrons. The van der Waals surface area contributed by atoms with Crippen molar-refractivity contribution in [3.8, 4) is 0 Å². The molecule has 1 heterocycles. The van der Waals surface area contributed by atoms with Gasteiger partial charge in [-0.25, -0.2) is 17.9 Å². The van der Waals surface area contributed by atoms with E-state index in [1.54, 1.807) is 25.1 Å². The van der Waals surface area contributed by atoms with Gasteiger partial charge in [0.05, 0.1) is 17.6 Å². The number of anilines is 2. The number of ether oxygens (including phenoxy) is 1. The third-order valence-electron chi connectivity index (χ3n) is 3.52. The number of thiocarbonyl (C=S) groups is 1. The molecule has 10 heteroatoms. The average molecular weight is 428 g/mol. The van der Waals surface area contributed by atoms with Gasteiger partial charge in [0.2, 0.25) is 10.0 Å². The Morgan fingerprint density at radius 1 is 1.19 bits per heavy atom. The monoisotopic (exact) mass is 427 g/mol. The smallest absolute Gasteiger partial charge is 0.340 e. The SMILES string of the molecule is CCNS(=O)(=O)c1ccc(NC(=S)Nc2sc(CC)cc2C(=O)OC)cc1. The minimum absolute atomic E-state index is 0.174. The summed E-state index contributed by atoms with van der Waals surface area (Å²) in [7, 11) is -2.17. The second-order valence-corrected chi connectivity index (χ2v) is 8.72. The molecule has 7 nitrogen and oxygen atoms in total. The maximum atomic E-state index is 12.0. The number of thiophene rings is 1. The Hall–Kier alpha value is -2.01. The lowest BCUT2D eigenvalue weighted by Crippen LogP contribution is -2.23. The Morgan fingerprint density at radius 2 is 1.85 bits per heavy atom. The lowest BCUT2D eigenvalue weighted by atomic mass is 10.2. The fraction of sp³-hybridized carbons (Fsp3) is 0.294. The highest BCUT2D eigenvalue weighted by molar-refractivity contribution is 7.89. The van der Waals surface area contributed by atoms with Crippen LogP contribution in [0.5, 0.6) is 0 Å². The number of aryl methyl sites for hydroxylation is 1. The fourth-order valence-electron chi connectivity index (χ4n) is 2.23. The lowest BCUT2D eigenvalue weighted by molar-refractivity contribution is 0.0602. The molecule has 1 aromatic heterocycles. The van der Waals surface area contributed by atoms with Crippen LogP contribution >= 0.6 is 23.6 Å². The minimum atomic E-state index is -3.50. The maximum Gasteiger partial charge on any atom is 0.340 e. The standard InChI is InChI=1S/C17H21N3O4S3/c1-4-12-10-14(16(21)24-3)15(26-12)20-17(25)19-11-6-8-13(9-7-11)27(22,23)18-5-2/h6-10,18H,4-5H2,1-3H3,(H2,19,20,25). The molecule has 0 aliphatic rings. The molecule has 0 fully saturated rings. The average Bonchev–Trinajstić information content (AvgIpc) is 3.04. The maximum absolute atomic E-state index is 12.0. The quantitative estimate of drug-likeness (QED) is 0.461. The third kappa shape index (κ3) is 5.48. The van der Waals surface area contributed by atoms with Gasteiger partial charge in [-0.3, -0.25) is 0 Å². The zero-order chi connectivity index (χ0) is 20.0. The first-order valence-electron chi connectivity index (χ1n) is 8.19. The fourth-order valence-corrected chi connectivity index (χ4v) is 4.54. The number of carbonyl (C=O) groups excluding carboxylic acids is 1. The summed E-state index contributed by atoms with van der Waals surface area (Å²) in [4.78, 5) is 13.1. The molecule has 0 aliphatic carbocycles. The summed E-state index contributed by atoms with van der Waals surface area (Å²) in [5, 5.41) is 6.86. The van der Waals surface area contributed by atoms with E-state index >= 15 is 0 Å². The second kappa shape index (κ2) is 9.27. The summed E-state index contributed by atoms with van der Waals surface area (Å²) in [6.45, 7) is 4.03. The van der Waals surface area contributed by atoms with Gasteiger partial charge in [0.15, 0.2) is 5.11 Å². The number of rotatable bonds is 7. The van der Waals surface area contributed by atoms with Gasteiger partial charge in [0, 0.05) is 17.1 Å². The highest BCUT2D eigenvalue weighted by Gasteiger charge is 2.17. The summed E-state index contributed by atoms with van der Waals surface area (Å²) in [6.07, 6.45) is 0.790. The van der Waals surface area contributed by atoms with Crippen molar-refractivity contribution >= 4 is 55.3 Å². The number of nitrogens with one attached hydrogen (secondary N) is 3. The van der Waals surface area contributed by atoms with Crippen molar-refractivity contribution in [2.45, 2.75) is 25.2 Å². The van der Waals surface area contributed by atoms with Crippen LogP contribution in [0.2, 0.25) is 0 Å². The zero-order valence-electron chi connectivity index (χ0n) is 15.2. The van der Waals surface area contributed by atoms with Gasteiger partial charge in [-0.2, -0.15) is 0 Å². The molecule has 0 saturated heterocycles. The van der Waals surface area contributed by atoms with Crippen LogP contribution in [-0.2, 0) is 21.2 Å². The van der Waals surface area contributed by atoms with Gasteiger partial charge in [0.1, 0.15) is 5.00 Å². The van der Waals surface area contributed by atoms with E-state index in [9.17, 15) is 13.2 Å². The van der Waals surface area contributed by atoms with Crippen molar-refractivity contribution in [3.63, 3.8) is 0 Å². The molecule has 0 amide bonds. The summed E-state index contributed by atoms with van der Waals surface area (Å²) < 4.78 is 31.1. The topological polar surface area (TPSA) is 96.5 Å². The molecular weight excluding hydrogens is 406 g/mol. The van der Waals surface area contributed by atoms with Crippen molar-refractivity contribution in [2.75, 3.05) is 24.3 Å². The zero-order valence-corrected chi connectivity index (χ0v) is 17.6. The predicted octanol–water partition coefficient (Wildman–Crippen LogP) is 3.20. The van der Waals surface area contributed by atoms with Crippen LogP contribution in [0, 0.1) is 0 Å². The molecule has 146 valence electrons. The van der Waals surface area contributed by atoms with Crippen LogP contribution < -0.4 is 15.4 Å². The number of hydrogen-bond acceptors (Lipinski definition) is 6. The summed E-state index contributed by atoms with van der Waals surface area (Å²) in [5.74, 6) is -0.436. The molecule has 0 atom stereocenters. The van der Waals surface area contributed by atoms with Crippen LogP contribution in [0.1, 0.15) is 29.1 Å². The molecule has 0 saturated carbocycles. The van der Waals surface area contributed by atoms with E-state index in [0.29, 0.717) is 22.8 Å². The molecule has 0 aliphatic heterocycles. The van der Waals surface area contributed by atoms with E-state index in [1.807, 2.05) is 6.92 Å². The highest BCUT2D eigenvalue weighted by Crippen LogP contribution is 2.29. The Kier molecular flexibility index (Phi) is 7.31. The van der Waals surface area contributed by atoms with Crippen molar-refractivity contribution in [1.82, 2.24) is 4.72 Å². The van der Waals surface area contributed by atoms with Gasteiger partial charge >= 0.3 is 5.97 Å². The first kappa shape index (κ1) is 21.3. The van der Waals surface area contributed by atoms with Crippen molar-refractivity contribution in [3.05, 3.63) is 40.8 Å². The lowest BCUT2D eigenvalue weighted by Gasteiger charge is -2.11. The Morgan fingerprint density at radius 3 is 2.41 bits per heavy atom. The first-order chi connectivity index (χ1) is 12.8. The normalized spacial score (nSPS) is 11.1. The first-order valence-corrected chi connectivity index (χ1v) is 10.9. The van der Waals surface area contributed by atoms with Gasteiger partial charge in [0.25, 0.3) is 0 Å². The number of carbonyl (C=O) groups is 1. The van der Waals surface area contributed by atoms with E-state index < -0.39 is 16.0 Å². The largest absolute Gasteiger partial charge is 0.465 e. The van der Waals surface area contributed by atoms with E-state index in [1.165, 1.54) is 30.6 Å². The molecule has 3 N–H and O–H groups in total. The van der Waals surface area contributed by atoms with Gasteiger partial charge in [-0.15, -0.1) is 11.3 Å². The van der Waals surface area contributed by atoms with Crippen LogP contribution in [-0.4, -0.2) is 33.2 Å². The Labute approximate surface area is 168 Å². The molecular formula is C17H21N3O4S3. The van der Waals surface area contributed by atoms with Crippen molar-refractivity contribution in [2.24, 2.45) is 0 Å². The number of methoxy groups -OCH3 is 1. The second-order valence-electron chi connectivity index (χ2n) is 5.41. The van der Waals surface area contributed by atoms with Gasteiger partial charge in [-0.05, 0) is 49.0 Å². The van der Waals surface area contributed by atoms with Crippen LogP contribution in [0.15, 0.2) is 35.2 Å². The Balaban J connectivity index is 2.10. The predicted molar refractivity (Wildman–Crippen MR) is 112 cm³/mol. The molecule has 27 heavy (non-hydrogen) atoms. The van der Waals surface area contributed by atoms with Gasteiger partial charge in [-0.1, -0.05) is 13.8 Å². The Bertz CT molecular complexity index is 921. The molecule has 0 spiro atoms. The van der Waals surface area contributed by atoms with E-state index in [0.717, 1.165) is 11.3 Å². The van der Waals surface area contributed by atoms with E-state index in [4.69, 9.17) is 17.0 Å². The minimum Gasteiger partial charge on any atom is -0.465 e. The molecule has 0 unspecified atom stereocenters. The number of hydrogen-bond donors (Lipinski definition) is 3. The molecule has 1 aromatic carbocycles. The van der Waals surface area contributed by atoms with Crippen molar-refractivity contribution < 1.29 is 17.9 Å². The number of benzene rings is 1. The van der Waals surface area contributed by atoms with Gasteiger partial charge < -0.3 is 15.4 Å².